The van der Waals surface area contributed by atoms with E-state index in [1.54, 1.807) is 25.1 Å². The molecule has 0 saturated carbocycles. The van der Waals surface area contributed by atoms with Gasteiger partial charge in [0.05, 0.1) is 12.3 Å². The van der Waals surface area contributed by atoms with Gasteiger partial charge in [-0.05, 0) is 49.4 Å². The summed E-state index contributed by atoms with van der Waals surface area (Å²) in [7, 11) is -3.41. The van der Waals surface area contributed by atoms with E-state index in [4.69, 9.17) is 4.74 Å². The van der Waals surface area contributed by atoms with Crippen LogP contribution in [0.3, 0.4) is 0 Å². The van der Waals surface area contributed by atoms with E-state index in [9.17, 15) is 17.6 Å². The van der Waals surface area contributed by atoms with Crippen LogP contribution in [-0.4, -0.2) is 33.2 Å². The molecule has 2 aromatic carbocycles. The molecule has 1 atom stereocenters. The lowest BCUT2D eigenvalue weighted by atomic mass is 10.2. The van der Waals surface area contributed by atoms with Gasteiger partial charge in [0.1, 0.15) is 18.2 Å². The third-order valence-electron chi connectivity index (χ3n) is 3.12. The monoisotopic (exact) mass is 366 g/mol. The molecule has 0 bridgehead atoms. The van der Waals surface area contributed by atoms with Gasteiger partial charge in [-0.3, -0.25) is 9.52 Å². The van der Waals surface area contributed by atoms with Crippen molar-refractivity contribution in [3.05, 3.63) is 59.9 Å². The molecular weight excluding hydrogens is 347 g/mol. The Labute approximate surface area is 146 Å². The number of hydrogen-bond donors (Lipinski definition) is 2. The summed E-state index contributed by atoms with van der Waals surface area (Å²) in [5.41, 5.74) is 0.632. The van der Waals surface area contributed by atoms with Crippen LogP contribution >= 0.6 is 0 Å². The first-order chi connectivity index (χ1) is 11.7. The average Bonchev–Trinajstić information content (AvgIpc) is 2.53. The Hall–Kier alpha value is -2.61. The summed E-state index contributed by atoms with van der Waals surface area (Å²) in [5.74, 6) is -0.203. The van der Waals surface area contributed by atoms with Crippen molar-refractivity contribution in [2.24, 2.45) is 0 Å². The Morgan fingerprint density at radius 1 is 1.20 bits per heavy atom. The zero-order valence-electron chi connectivity index (χ0n) is 13.8. The first-order valence-corrected chi connectivity index (χ1v) is 9.39. The molecule has 1 unspecified atom stereocenters. The highest BCUT2D eigenvalue weighted by molar-refractivity contribution is 7.92. The molecular formula is C17H19FN2O4S. The topological polar surface area (TPSA) is 84.5 Å². The maximum atomic E-state index is 12.8. The number of rotatable bonds is 7. The van der Waals surface area contributed by atoms with Gasteiger partial charge in [-0.25, -0.2) is 12.8 Å². The lowest BCUT2D eigenvalue weighted by molar-refractivity contribution is 0.0926. The van der Waals surface area contributed by atoms with Gasteiger partial charge in [-0.2, -0.15) is 0 Å². The van der Waals surface area contributed by atoms with E-state index >= 15 is 0 Å². The molecule has 0 aromatic heterocycles. The number of ether oxygens (including phenoxy) is 1. The molecule has 6 nitrogen and oxygen atoms in total. The molecule has 0 heterocycles. The predicted octanol–water partition coefficient (Wildman–Crippen LogP) is 2.39. The van der Waals surface area contributed by atoms with Gasteiger partial charge in [0.15, 0.2) is 0 Å². The minimum Gasteiger partial charge on any atom is -0.491 e. The zero-order valence-corrected chi connectivity index (χ0v) is 14.6. The van der Waals surface area contributed by atoms with Crippen LogP contribution in [0.4, 0.5) is 10.1 Å². The maximum Gasteiger partial charge on any atom is 0.251 e. The molecule has 0 aliphatic heterocycles. The van der Waals surface area contributed by atoms with Gasteiger partial charge in [-0.15, -0.1) is 0 Å². The standard InChI is InChI=1S/C17H19FN2O4S/c1-12(11-24-16-8-6-14(18)7-9-16)19-17(21)13-4-3-5-15(10-13)20-25(2,22)23/h3-10,12,20H,11H2,1-2H3,(H,19,21). The summed E-state index contributed by atoms with van der Waals surface area (Å²) in [6.07, 6.45) is 1.04. The SMILES string of the molecule is CC(COc1ccc(F)cc1)NC(=O)c1cccc(NS(C)(=O)=O)c1. The number of carbonyl (C=O) groups excluding carboxylic acids is 1. The van der Waals surface area contributed by atoms with Crippen molar-refractivity contribution >= 4 is 21.6 Å². The quantitative estimate of drug-likeness (QED) is 0.788. The number of halogens is 1. The van der Waals surface area contributed by atoms with Gasteiger partial charge in [-0.1, -0.05) is 6.07 Å². The average molecular weight is 366 g/mol. The number of carbonyl (C=O) groups is 1. The smallest absolute Gasteiger partial charge is 0.251 e. The van der Waals surface area contributed by atoms with E-state index in [-0.39, 0.29) is 24.4 Å². The van der Waals surface area contributed by atoms with E-state index in [1.165, 1.54) is 30.3 Å². The highest BCUT2D eigenvalue weighted by Crippen LogP contribution is 2.13. The van der Waals surface area contributed by atoms with Crippen LogP contribution in [-0.2, 0) is 10.0 Å². The molecule has 25 heavy (non-hydrogen) atoms. The summed E-state index contributed by atoms with van der Waals surface area (Å²) in [4.78, 5) is 12.2. The number of benzene rings is 2. The fourth-order valence-corrected chi connectivity index (χ4v) is 2.59. The van der Waals surface area contributed by atoms with Crippen LogP contribution in [0.5, 0.6) is 5.75 Å². The first-order valence-electron chi connectivity index (χ1n) is 7.50. The predicted molar refractivity (Wildman–Crippen MR) is 93.7 cm³/mol. The molecule has 0 radical (unpaired) electrons. The molecule has 2 N–H and O–H groups in total. The number of nitrogens with one attached hydrogen (secondary N) is 2. The van der Waals surface area contributed by atoms with Crippen LogP contribution in [0.2, 0.25) is 0 Å². The fourth-order valence-electron chi connectivity index (χ4n) is 2.04. The molecule has 0 fully saturated rings. The number of hydrogen-bond acceptors (Lipinski definition) is 4. The first kappa shape index (κ1) is 18.7. The minimum atomic E-state index is -3.41. The normalized spacial score (nSPS) is 12.3. The Kier molecular flexibility index (Phi) is 5.97. The van der Waals surface area contributed by atoms with Gasteiger partial charge in [0.25, 0.3) is 5.91 Å². The Balaban J connectivity index is 1.92. The van der Waals surface area contributed by atoms with E-state index in [0.29, 0.717) is 17.0 Å². The van der Waals surface area contributed by atoms with E-state index in [2.05, 4.69) is 10.0 Å². The second kappa shape index (κ2) is 7.98. The van der Waals surface area contributed by atoms with E-state index in [1.807, 2.05) is 0 Å². The van der Waals surface area contributed by atoms with E-state index in [0.717, 1.165) is 6.26 Å². The lowest BCUT2D eigenvalue weighted by Crippen LogP contribution is -2.36. The highest BCUT2D eigenvalue weighted by atomic mass is 32.2. The van der Waals surface area contributed by atoms with Crippen molar-refractivity contribution in [3.63, 3.8) is 0 Å². The minimum absolute atomic E-state index is 0.207. The molecule has 2 rings (SSSR count). The second-order valence-corrected chi connectivity index (χ2v) is 7.34. The number of anilines is 1. The van der Waals surface area contributed by atoms with Crippen molar-refractivity contribution in [1.29, 1.82) is 0 Å². The fraction of sp³-hybridized carbons (Fsp3) is 0.235. The molecule has 8 heteroatoms. The summed E-state index contributed by atoms with van der Waals surface area (Å²) >= 11 is 0. The van der Waals surface area contributed by atoms with Crippen molar-refractivity contribution in [1.82, 2.24) is 5.32 Å². The molecule has 0 aliphatic rings. The van der Waals surface area contributed by atoms with E-state index < -0.39 is 10.0 Å². The zero-order chi connectivity index (χ0) is 18.4. The molecule has 1 amide bonds. The molecule has 0 spiro atoms. The van der Waals surface area contributed by atoms with Crippen molar-refractivity contribution < 1.29 is 22.3 Å². The van der Waals surface area contributed by atoms with Crippen LogP contribution in [0, 0.1) is 5.82 Å². The summed E-state index contributed by atoms with van der Waals surface area (Å²) in [6.45, 7) is 1.97. The van der Waals surface area contributed by atoms with Crippen LogP contribution in [0.25, 0.3) is 0 Å². The largest absolute Gasteiger partial charge is 0.491 e. The highest BCUT2D eigenvalue weighted by Gasteiger charge is 2.12. The van der Waals surface area contributed by atoms with Crippen LogP contribution < -0.4 is 14.8 Å². The Bertz CT molecular complexity index is 838. The Morgan fingerprint density at radius 2 is 1.88 bits per heavy atom. The van der Waals surface area contributed by atoms with Crippen molar-refractivity contribution in [2.75, 3.05) is 17.6 Å². The molecule has 2 aromatic rings. The number of amides is 1. The summed E-state index contributed by atoms with van der Waals surface area (Å²) in [5, 5.41) is 2.75. The van der Waals surface area contributed by atoms with Crippen molar-refractivity contribution in [3.8, 4) is 5.75 Å². The van der Waals surface area contributed by atoms with Crippen LogP contribution in [0.1, 0.15) is 17.3 Å². The van der Waals surface area contributed by atoms with Gasteiger partial charge in [0.2, 0.25) is 10.0 Å². The molecule has 134 valence electrons. The summed E-state index contributed by atoms with van der Waals surface area (Å²) in [6, 6.07) is 11.5. The Morgan fingerprint density at radius 3 is 2.52 bits per heavy atom. The van der Waals surface area contributed by atoms with Gasteiger partial charge in [0, 0.05) is 11.3 Å². The lowest BCUT2D eigenvalue weighted by Gasteiger charge is -2.15. The van der Waals surface area contributed by atoms with Crippen molar-refractivity contribution in [2.45, 2.75) is 13.0 Å². The van der Waals surface area contributed by atoms with Gasteiger partial charge < -0.3 is 10.1 Å². The van der Waals surface area contributed by atoms with Crippen LogP contribution in [0.15, 0.2) is 48.5 Å². The maximum absolute atomic E-state index is 12.8. The second-order valence-electron chi connectivity index (χ2n) is 5.59. The van der Waals surface area contributed by atoms with Gasteiger partial charge >= 0.3 is 0 Å². The number of sulfonamides is 1. The molecule has 0 saturated heterocycles. The molecule has 0 aliphatic carbocycles. The third kappa shape index (κ3) is 6.42. The summed E-state index contributed by atoms with van der Waals surface area (Å²) < 4.78 is 43.1. The third-order valence-corrected chi connectivity index (χ3v) is 3.73.